The molecule has 0 aliphatic rings. The first-order valence-electron chi connectivity index (χ1n) is 6.14. The van der Waals surface area contributed by atoms with Gasteiger partial charge in [0, 0.05) is 0 Å². The molecule has 0 N–H and O–H groups in total. The van der Waals surface area contributed by atoms with Crippen molar-refractivity contribution in [2.75, 3.05) is 13.2 Å². The van der Waals surface area contributed by atoms with E-state index in [0.29, 0.717) is 12.8 Å². The molecule has 0 aliphatic carbocycles. The normalized spacial score (nSPS) is 13.8. The number of hydrogen-bond acceptors (Lipinski definition) is 4. The van der Waals surface area contributed by atoms with Crippen molar-refractivity contribution < 1.29 is 19.1 Å². The SMILES string of the molecule is CCCC(Cl)C(=O)OCCOC(=O)C(Cl)CCC. The third-order valence-corrected chi connectivity index (χ3v) is 2.96. The maximum Gasteiger partial charge on any atom is 0.324 e. The third-order valence-electron chi connectivity index (χ3n) is 2.17. The van der Waals surface area contributed by atoms with Crippen molar-refractivity contribution in [1.82, 2.24) is 0 Å². The monoisotopic (exact) mass is 298 g/mol. The van der Waals surface area contributed by atoms with Gasteiger partial charge in [0.15, 0.2) is 0 Å². The number of halogens is 2. The fourth-order valence-corrected chi connectivity index (χ4v) is 1.77. The summed E-state index contributed by atoms with van der Waals surface area (Å²) in [5.41, 5.74) is 0. The molecule has 0 radical (unpaired) electrons. The van der Waals surface area contributed by atoms with Crippen LogP contribution in [0.4, 0.5) is 0 Å². The maximum absolute atomic E-state index is 11.3. The smallest absolute Gasteiger partial charge is 0.324 e. The van der Waals surface area contributed by atoms with Crippen LogP contribution in [0.2, 0.25) is 0 Å². The summed E-state index contributed by atoms with van der Waals surface area (Å²) >= 11 is 11.5. The Labute approximate surface area is 118 Å². The van der Waals surface area contributed by atoms with Gasteiger partial charge in [0.2, 0.25) is 0 Å². The van der Waals surface area contributed by atoms with Crippen molar-refractivity contribution in [3.05, 3.63) is 0 Å². The van der Waals surface area contributed by atoms with E-state index in [1.54, 1.807) is 0 Å². The molecular weight excluding hydrogens is 279 g/mol. The van der Waals surface area contributed by atoms with E-state index in [4.69, 9.17) is 32.7 Å². The third kappa shape index (κ3) is 7.77. The van der Waals surface area contributed by atoms with Crippen molar-refractivity contribution in [3.8, 4) is 0 Å². The minimum atomic E-state index is -0.633. The second-order valence-electron chi connectivity index (χ2n) is 3.85. The van der Waals surface area contributed by atoms with E-state index in [1.165, 1.54) is 0 Å². The Morgan fingerprint density at radius 2 is 1.22 bits per heavy atom. The molecule has 0 aliphatic heterocycles. The first kappa shape index (κ1) is 17.5. The minimum absolute atomic E-state index is 0.00718. The molecule has 0 amide bonds. The maximum atomic E-state index is 11.3. The Kier molecular flexibility index (Phi) is 10.2. The van der Waals surface area contributed by atoms with E-state index in [2.05, 4.69) is 0 Å². The lowest BCUT2D eigenvalue weighted by molar-refractivity contribution is -0.151. The molecule has 0 bridgehead atoms. The summed E-state index contributed by atoms with van der Waals surface area (Å²) in [7, 11) is 0. The molecule has 0 saturated heterocycles. The van der Waals surface area contributed by atoms with Gasteiger partial charge in [-0.05, 0) is 12.8 Å². The van der Waals surface area contributed by atoms with Crippen LogP contribution < -0.4 is 0 Å². The molecule has 6 heteroatoms. The molecule has 18 heavy (non-hydrogen) atoms. The summed E-state index contributed by atoms with van der Waals surface area (Å²) < 4.78 is 9.71. The van der Waals surface area contributed by atoms with E-state index < -0.39 is 22.7 Å². The summed E-state index contributed by atoms with van der Waals surface area (Å²) in [5, 5.41) is -1.27. The average Bonchev–Trinajstić information content (AvgIpc) is 2.34. The van der Waals surface area contributed by atoms with Crippen LogP contribution in [0.5, 0.6) is 0 Å². The quantitative estimate of drug-likeness (QED) is 0.373. The van der Waals surface area contributed by atoms with Gasteiger partial charge >= 0.3 is 11.9 Å². The Hall–Kier alpha value is -0.480. The highest BCUT2D eigenvalue weighted by atomic mass is 35.5. The summed E-state index contributed by atoms with van der Waals surface area (Å²) in [6.07, 6.45) is 2.76. The number of carbonyl (C=O) groups excluding carboxylic acids is 2. The number of ether oxygens (including phenoxy) is 2. The van der Waals surface area contributed by atoms with E-state index in [0.717, 1.165) is 12.8 Å². The lowest BCUT2D eigenvalue weighted by Crippen LogP contribution is -2.23. The minimum Gasteiger partial charge on any atom is -0.461 e. The molecule has 0 fully saturated rings. The molecule has 4 nitrogen and oxygen atoms in total. The number of alkyl halides is 2. The second-order valence-corrected chi connectivity index (χ2v) is 4.90. The number of carbonyl (C=O) groups is 2. The summed E-state index contributed by atoms with van der Waals surface area (Å²) in [5.74, 6) is -0.962. The van der Waals surface area contributed by atoms with Crippen LogP contribution in [0.3, 0.4) is 0 Å². The van der Waals surface area contributed by atoms with Crippen molar-refractivity contribution in [2.24, 2.45) is 0 Å². The van der Waals surface area contributed by atoms with Gasteiger partial charge in [0.25, 0.3) is 0 Å². The van der Waals surface area contributed by atoms with E-state index >= 15 is 0 Å². The summed E-state index contributed by atoms with van der Waals surface area (Å²) in [6.45, 7) is 3.87. The molecule has 2 unspecified atom stereocenters. The Bertz CT molecular complexity index is 232. The highest BCUT2D eigenvalue weighted by Crippen LogP contribution is 2.08. The fourth-order valence-electron chi connectivity index (χ4n) is 1.21. The molecule has 0 aromatic heterocycles. The predicted octanol–water partition coefficient (Wildman–Crippen LogP) is 2.89. The zero-order valence-corrected chi connectivity index (χ0v) is 12.3. The van der Waals surface area contributed by atoms with Gasteiger partial charge in [-0.25, -0.2) is 0 Å². The van der Waals surface area contributed by atoms with Crippen molar-refractivity contribution in [3.63, 3.8) is 0 Å². The van der Waals surface area contributed by atoms with E-state index in [1.807, 2.05) is 13.8 Å². The topological polar surface area (TPSA) is 52.6 Å². The summed E-state index contributed by atoms with van der Waals surface area (Å²) in [6, 6.07) is 0. The van der Waals surface area contributed by atoms with E-state index in [9.17, 15) is 9.59 Å². The second kappa shape index (κ2) is 10.4. The van der Waals surface area contributed by atoms with Gasteiger partial charge in [-0.15, -0.1) is 23.2 Å². The number of esters is 2. The largest absolute Gasteiger partial charge is 0.461 e. The zero-order chi connectivity index (χ0) is 14.0. The van der Waals surface area contributed by atoms with Crippen LogP contribution in [-0.2, 0) is 19.1 Å². The van der Waals surface area contributed by atoms with Gasteiger partial charge in [-0.1, -0.05) is 26.7 Å². The molecule has 106 valence electrons. The van der Waals surface area contributed by atoms with Crippen LogP contribution in [-0.4, -0.2) is 35.9 Å². The van der Waals surface area contributed by atoms with Gasteiger partial charge in [0.05, 0.1) is 0 Å². The molecule has 0 heterocycles. The van der Waals surface area contributed by atoms with Crippen LogP contribution >= 0.6 is 23.2 Å². The Morgan fingerprint density at radius 1 is 0.889 bits per heavy atom. The van der Waals surface area contributed by atoms with Gasteiger partial charge in [-0.2, -0.15) is 0 Å². The highest BCUT2D eigenvalue weighted by molar-refractivity contribution is 6.30. The predicted molar refractivity (Wildman–Crippen MR) is 71.0 cm³/mol. The zero-order valence-electron chi connectivity index (χ0n) is 10.8. The first-order chi connectivity index (χ1) is 8.52. The van der Waals surface area contributed by atoms with Crippen molar-refractivity contribution in [1.29, 1.82) is 0 Å². The van der Waals surface area contributed by atoms with Crippen LogP contribution in [0.15, 0.2) is 0 Å². The fraction of sp³-hybridized carbons (Fsp3) is 0.833. The van der Waals surface area contributed by atoms with Crippen LogP contribution in [0, 0.1) is 0 Å². The van der Waals surface area contributed by atoms with Crippen molar-refractivity contribution >= 4 is 35.1 Å². The highest BCUT2D eigenvalue weighted by Gasteiger charge is 2.17. The molecular formula is C12H20Cl2O4. The van der Waals surface area contributed by atoms with Gasteiger partial charge in [0.1, 0.15) is 24.0 Å². The molecule has 0 saturated carbocycles. The number of rotatable bonds is 9. The Balaban J connectivity index is 3.67. The molecule has 0 spiro atoms. The van der Waals surface area contributed by atoms with Crippen LogP contribution in [0.25, 0.3) is 0 Å². The molecule has 0 aromatic carbocycles. The Morgan fingerprint density at radius 3 is 1.50 bits per heavy atom. The standard InChI is InChI=1S/C12H20Cl2O4/c1-3-5-9(13)11(15)17-7-8-18-12(16)10(14)6-4-2/h9-10H,3-8H2,1-2H3. The van der Waals surface area contributed by atoms with Crippen molar-refractivity contribution in [2.45, 2.75) is 50.3 Å². The molecule has 0 aromatic rings. The summed E-state index contributed by atoms with van der Waals surface area (Å²) in [4.78, 5) is 22.6. The van der Waals surface area contributed by atoms with Gasteiger partial charge < -0.3 is 9.47 Å². The van der Waals surface area contributed by atoms with E-state index in [-0.39, 0.29) is 13.2 Å². The molecule has 2 atom stereocenters. The molecule has 0 rings (SSSR count). The first-order valence-corrected chi connectivity index (χ1v) is 7.01. The average molecular weight is 299 g/mol. The lowest BCUT2D eigenvalue weighted by Gasteiger charge is -2.11. The van der Waals surface area contributed by atoms with Gasteiger partial charge in [-0.3, -0.25) is 9.59 Å². The lowest BCUT2D eigenvalue weighted by atomic mass is 10.2. The van der Waals surface area contributed by atoms with Crippen LogP contribution in [0.1, 0.15) is 39.5 Å². The number of hydrogen-bond donors (Lipinski definition) is 0.